The normalized spacial score (nSPS) is 21.2. The maximum atomic E-state index is 11.5. The molecule has 1 unspecified atom stereocenters. The van der Waals surface area contributed by atoms with Crippen LogP contribution in [0.25, 0.3) is 12.2 Å². The Labute approximate surface area is 130 Å². The Kier molecular flexibility index (Phi) is 2.93. The second-order valence-electron chi connectivity index (χ2n) is 6.37. The maximum Gasteiger partial charge on any atom is 0.306 e. The molecule has 1 N–H and O–H groups in total. The topological polar surface area (TPSA) is 37.3 Å². The zero-order valence-electron chi connectivity index (χ0n) is 12.3. The second-order valence-corrected chi connectivity index (χ2v) is 6.37. The maximum absolute atomic E-state index is 11.5. The van der Waals surface area contributed by atoms with Crippen LogP contribution in [0.2, 0.25) is 0 Å². The first-order valence-corrected chi connectivity index (χ1v) is 7.81. The SMILES string of the molecule is O=C(O)C1CCC2(C1)c1ccccc1C=Cc1ccccc12. The summed E-state index contributed by atoms with van der Waals surface area (Å²) in [5, 5.41) is 9.48. The van der Waals surface area contributed by atoms with Gasteiger partial charge in [-0.15, -0.1) is 0 Å². The largest absolute Gasteiger partial charge is 0.481 e. The highest BCUT2D eigenvalue weighted by atomic mass is 16.4. The summed E-state index contributed by atoms with van der Waals surface area (Å²) >= 11 is 0. The summed E-state index contributed by atoms with van der Waals surface area (Å²) in [6, 6.07) is 16.8. The van der Waals surface area contributed by atoms with Gasteiger partial charge in [0.25, 0.3) is 0 Å². The van der Waals surface area contributed by atoms with Crippen LogP contribution in [-0.2, 0) is 10.2 Å². The molecule has 1 spiro atoms. The van der Waals surface area contributed by atoms with Crippen LogP contribution < -0.4 is 0 Å². The fraction of sp³-hybridized carbons (Fsp3) is 0.250. The Balaban J connectivity index is 1.97. The van der Waals surface area contributed by atoms with Crippen molar-refractivity contribution in [3.63, 3.8) is 0 Å². The molecule has 110 valence electrons. The average molecular weight is 290 g/mol. The van der Waals surface area contributed by atoms with Crippen molar-refractivity contribution in [2.45, 2.75) is 24.7 Å². The zero-order chi connectivity index (χ0) is 15.2. The standard InChI is InChI=1S/C20H18O2/c21-19(22)16-11-12-20(13-16)17-7-3-1-5-14(17)9-10-15-6-2-4-8-18(15)20/h1-10,16H,11-13H2,(H,21,22). The molecule has 2 heteroatoms. The van der Waals surface area contributed by atoms with E-state index in [0.29, 0.717) is 6.42 Å². The van der Waals surface area contributed by atoms with E-state index < -0.39 is 5.97 Å². The molecule has 4 rings (SSSR count). The van der Waals surface area contributed by atoms with Crippen molar-refractivity contribution in [2.24, 2.45) is 5.92 Å². The van der Waals surface area contributed by atoms with Gasteiger partial charge in [0.15, 0.2) is 0 Å². The van der Waals surface area contributed by atoms with Crippen LogP contribution in [0.5, 0.6) is 0 Å². The first-order chi connectivity index (χ1) is 10.7. The van der Waals surface area contributed by atoms with Gasteiger partial charge in [-0.3, -0.25) is 4.79 Å². The molecule has 2 aromatic rings. The molecule has 1 saturated carbocycles. The van der Waals surface area contributed by atoms with Crippen molar-refractivity contribution in [2.75, 3.05) is 0 Å². The molecular formula is C20H18O2. The molecule has 1 atom stereocenters. The minimum Gasteiger partial charge on any atom is -0.481 e. The smallest absolute Gasteiger partial charge is 0.306 e. The fourth-order valence-electron chi connectivity index (χ4n) is 4.23. The van der Waals surface area contributed by atoms with Gasteiger partial charge in [-0.1, -0.05) is 60.7 Å². The Morgan fingerprint density at radius 3 is 2.00 bits per heavy atom. The molecule has 0 aromatic heterocycles. The lowest BCUT2D eigenvalue weighted by Gasteiger charge is -2.32. The van der Waals surface area contributed by atoms with Gasteiger partial charge in [-0.2, -0.15) is 0 Å². The van der Waals surface area contributed by atoms with E-state index in [1.165, 1.54) is 22.3 Å². The van der Waals surface area contributed by atoms with Gasteiger partial charge >= 0.3 is 5.97 Å². The van der Waals surface area contributed by atoms with Crippen LogP contribution in [-0.4, -0.2) is 11.1 Å². The lowest BCUT2D eigenvalue weighted by atomic mass is 9.70. The molecule has 0 radical (unpaired) electrons. The van der Waals surface area contributed by atoms with Crippen LogP contribution in [0.4, 0.5) is 0 Å². The molecule has 1 fully saturated rings. The van der Waals surface area contributed by atoms with Crippen LogP contribution in [0.3, 0.4) is 0 Å². The van der Waals surface area contributed by atoms with E-state index in [-0.39, 0.29) is 11.3 Å². The van der Waals surface area contributed by atoms with Gasteiger partial charge in [-0.25, -0.2) is 0 Å². The third-order valence-electron chi connectivity index (χ3n) is 5.26. The van der Waals surface area contributed by atoms with E-state index in [4.69, 9.17) is 0 Å². The monoisotopic (exact) mass is 290 g/mol. The predicted octanol–water partition coefficient (Wildman–Crippen LogP) is 4.34. The number of hydrogen-bond donors (Lipinski definition) is 1. The average Bonchev–Trinajstić information content (AvgIpc) is 2.94. The van der Waals surface area contributed by atoms with Gasteiger partial charge in [-0.05, 0) is 41.5 Å². The predicted molar refractivity (Wildman–Crippen MR) is 87.6 cm³/mol. The number of carbonyl (C=O) groups is 1. The van der Waals surface area contributed by atoms with Gasteiger partial charge < -0.3 is 5.11 Å². The number of rotatable bonds is 1. The molecular weight excluding hydrogens is 272 g/mol. The van der Waals surface area contributed by atoms with E-state index in [1.807, 2.05) is 0 Å². The number of benzene rings is 2. The summed E-state index contributed by atoms with van der Waals surface area (Å²) in [6.45, 7) is 0. The van der Waals surface area contributed by atoms with E-state index in [1.54, 1.807) is 0 Å². The Morgan fingerprint density at radius 2 is 1.50 bits per heavy atom. The Bertz CT molecular complexity index is 723. The molecule has 0 bridgehead atoms. The minimum atomic E-state index is -0.663. The Morgan fingerprint density at radius 1 is 0.955 bits per heavy atom. The Hall–Kier alpha value is -2.35. The van der Waals surface area contributed by atoms with Gasteiger partial charge in [0.05, 0.1) is 5.92 Å². The molecule has 0 heterocycles. The number of carboxylic acid groups (broad SMARTS) is 1. The second kappa shape index (κ2) is 4.84. The van der Waals surface area contributed by atoms with Crippen LogP contribution in [0, 0.1) is 5.92 Å². The lowest BCUT2D eigenvalue weighted by molar-refractivity contribution is -0.141. The number of hydrogen-bond acceptors (Lipinski definition) is 1. The summed E-state index contributed by atoms with van der Waals surface area (Å²) in [5.41, 5.74) is 4.81. The van der Waals surface area contributed by atoms with Crippen LogP contribution in [0.15, 0.2) is 48.5 Å². The van der Waals surface area contributed by atoms with E-state index in [9.17, 15) is 9.90 Å². The van der Waals surface area contributed by atoms with E-state index in [0.717, 1.165) is 12.8 Å². The highest BCUT2D eigenvalue weighted by Crippen LogP contribution is 2.52. The third-order valence-corrected chi connectivity index (χ3v) is 5.26. The summed E-state index contributed by atoms with van der Waals surface area (Å²) in [5.74, 6) is -0.914. The summed E-state index contributed by atoms with van der Waals surface area (Å²) in [7, 11) is 0. The first-order valence-electron chi connectivity index (χ1n) is 7.81. The number of fused-ring (bicyclic) bond motifs is 4. The van der Waals surface area contributed by atoms with Crippen molar-refractivity contribution in [3.8, 4) is 0 Å². The molecule has 2 aliphatic rings. The van der Waals surface area contributed by atoms with E-state index >= 15 is 0 Å². The van der Waals surface area contributed by atoms with Gasteiger partial charge in [0.1, 0.15) is 0 Å². The van der Waals surface area contributed by atoms with Crippen molar-refractivity contribution in [3.05, 3.63) is 70.8 Å². The molecule has 2 nitrogen and oxygen atoms in total. The lowest BCUT2D eigenvalue weighted by Crippen LogP contribution is -2.27. The quantitative estimate of drug-likeness (QED) is 0.848. The molecule has 2 aliphatic carbocycles. The zero-order valence-corrected chi connectivity index (χ0v) is 12.3. The fourth-order valence-corrected chi connectivity index (χ4v) is 4.23. The third kappa shape index (κ3) is 1.83. The molecule has 0 saturated heterocycles. The van der Waals surface area contributed by atoms with E-state index in [2.05, 4.69) is 60.7 Å². The molecule has 0 amide bonds. The number of carboxylic acids is 1. The van der Waals surface area contributed by atoms with Crippen LogP contribution in [0.1, 0.15) is 41.5 Å². The summed E-state index contributed by atoms with van der Waals surface area (Å²) in [4.78, 5) is 11.5. The highest BCUT2D eigenvalue weighted by molar-refractivity contribution is 5.79. The molecule has 2 aromatic carbocycles. The highest BCUT2D eigenvalue weighted by Gasteiger charge is 2.46. The summed E-state index contributed by atoms with van der Waals surface area (Å²) < 4.78 is 0. The van der Waals surface area contributed by atoms with Crippen molar-refractivity contribution in [1.82, 2.24) is 0 Å². The van der Waals surface area contributed by atoms with Crippen molar-refractivity contribution in [1.29, 1.82) is 0 Å². The minimum absolute atomic E-state index is 0.167. The van der Waals surface area contributed by atoms with Crippen LogP contribution >= 0.6 is 0 Å². The van der Waals surface area contributed by atoms with Gasteiger partial charge in [0.2, 0.25) is 0 Å². The molecule has 22 heavy (non-hydrogen) atoms. The number of aliphatic carboxylic acids is 1. The summed E-state index contributed by atoms with van der Waals surface area (Å²) in [6.07, 6.45) is 6.67. The van der Waals surface area contributed by atoms with Gasteiger partial charge in [0, 0.05) is 5.41 Å². The van der Waals surface area contributed by atoms with Crippen molar-refractivity contribution >= 4 is 18.1 Å². The molecule has 0 aliphatic heterocycles. The van der Waals surface area contributed by atoms with Crippen molar-refractivity contribution < 1.29 is 9.90 Å². The first kappa shape index (κ1) is 13.3.